The Bertz CT molecular complexity index is 589. The molecule has 1 aromatic carbocycles. The lowest BCUT2D eigenvalue weighted by molar-refractivity contribution is -0.0517. The molecule has 1 saturated heterocycles. The molecule has 0 atom stereocenters. The lowest BCUT2D eigenvalue weighted by Gasteiger charge is -2.08. The summed E-state index contributed by atoms with van der Waals surface area (Å²) in [6.45, 7) is 0. The molecular weight excluding hydrogens is 344 g/mol. The fraction of sp³-hybridized carbons (Fsp3) is 0.385. The highest BCUT2D eigenvalue weighted by Crippen LogP contribution is 2.20. The maximum atomic E-state index is 12.6. The SMILES string of the molecule is Fc1ccc(C=C[S+]2CCCC2)cc1.O=S(=O)([O-])C(F)(F)F. The van der Waals surface area contributed by atoms with E-state index in [1.165, 1.54) is 36.5 Å². The monoisotopic (exact) mass is 358 g/mol. The highest BCUT2D eigenvalue weighted by atomic mass is 32.2. The summed E-state index contributed by atoms with van der Waals surface area (Å²) in [6.07, 6.45) is 4.86. The number of rotatable bonds is 2. The average molecular weight is 358 g/mol. The van der Waals surface area contributed by atoms with Crippen LogP contribution >= 0.6 is 0 Å². The number of alkyl halides is 3. The highest BCUT2D eigenvalue weighted by molar-refractivity contribution is 7.99. The van der Waals surface area contributed by atoms with Crippen LogP contribution < -0.4 is 0 Å². The summed E-state index contributed by atoms with van der Waals surface area (Å²) in [5, 5.41) is 2.29. The summed E-state index contributed by atoms with van der Waals surface area (Å²) < 4.78 is 71.5. The zero-order valence-electron chi connectivity index (χ0n) is 11.3. The zero-order valence-corrected chi connectivity index (χ0v) is 13.0. The van der Waals surface area contributed by atoms with Crippen molar-refractivity contribution in [2.45, 2.75) is 18.3 Å². The van der Waals surface area contributed by atoms with Gasteiger partial charge in [0.2, 0.25) is 0 Å². The standard InChI is InChI=1S/C12H14FS.CHF3O3S/c13-12-5-3-11(4-6-12)7-10-14-8-1-2-9-14;2-1(3,4)8(5,6)7/h3-7,10H,1-2,8-9H2;(H,5,6,7)/q+1;/p-1. The fourth-order valence-corrected chi connectivity index (χ4v) is 3.54. The first-order chi connectivity index (χ1) is 10.1. The van der Waals surface area contributed by atoms with Crippen LogP contribution in [0.5, 0.6) is 0 Å². The third kappa shape index (κ3) is 6.80. The minimum absolute atomic E-state index is 0.162. The van der Waals surface area contributed by atoms with Crippen molar-refractivity contribution in [2.75, 3.05) is 11.5 Å². The van der Waals surface area contributed by atoms with Gasteiger partial charge in [-0.1, -0.05) is 12.1 Å². The molecule has 0 aliphatic carbocycles. The first-order valence-electron chi connectivity index (χ1n) is 6.22. The molecule has 0 radical (unpaired) electrons. The Labute approximate surface area is 129 Å². The van der Waals surface area contributed by atoms with E-state index in [9.17, 15) is 17.6 Å². The minimum atomic E-state index is -6.09. The molecule has 124 valence electrons. The van der Waals surface area contributed by atoms with Crippen LogP contribution in [0.25, 0.3) is 6.08 Å². The molecule has 0 N–H and O–H groups in total. The molecule has 9 heteroatoms. The van der Waals surface area contributed by atoms with Crippen LogP contribution in [0, 0.1) is 5.82 Å². The third-order valence-corrected chi connectivity index (χ3v) is 5.38. The van der Waals surface area contributed by atoms with Crippen molar-refractivity contribution in [3.05, 3.63) is 41.1 Å². The maximum absolute atomic E-state index is 12.6. The van der Waals surface area contributed by atoms with Gasteiger partial charge >= 0.3 is 5.51 Å². The van der Waals surface area contributed by atoms with Crippen molar-refractivity contribution >= 4 is 27.1 Å². The van der Waals surface area contributed by atoms with Crippen LogP contribution in [-0.2, 0) is 21.0 Å². The van der Waals surface area contributed by atoms with Gasteiger partial charge in [-0.15, -0.1) is 0 Å². The molecule has 0 aromatic heterocycles. The molecule has 3 nitrogen and oxygen atoms in total. The van der Waals surface area contributed by atoms with Crippen LogP contribution in [-0.4, -0.2) is 30.0 Å². The molecule has 1 heterocycles. The van der Waals surface area contributed by atoms with Crippen LogP contribution in [0.15, 0.2) is 29.7 Å². The summed E-state index contributed by atoms with van der Waals surface area (Å²) in [4.78, 5) is 0. The van der Waals surface area contributed by atoms with Gasteiger partial charge in [-0.3, -0.25) is 0 Å². The van der Waals surface area contributed by atoms with Crippen molar-refractivity contribution in [3.8, 4) is 0 Å². The molecule has 0 amide bonds. The van der Waals surface area contributed by atoms with Gasteiger partial charge < -0.3 is 4.55 Å². The van der Waals surface area contributed by atoms with Gasteiger partial charge in [-0.2, -0.15) is 13.2 Å². The van der Waals surface area contributed by atoms with Crippen molar-refractivity contribution in [2.24, 2.45) is 0 Å². The molecule has 1 aliphatic heterocycles. The van der Waals surface area contributed by atoms with Crippen molar-refractivity contribution < 1.29 is 30.5 Å². The van der Waals surface area contributed by atoms with E-state index in [1.807, 2.05) is 12.1 Å². The van der Waals surface area contributed by atoms with E-state index in [4.69, 9.17) is 13.0 Å². The Kier molecular flexibility index (Phi) is 6.89. The van der Waals surface area contributed by atoms with Crippen LogP contribution in [0.4, 0.5) is 17.6 Å². The quantitative estimate of drug-likeness (QED) is 0.353. The third-order valence-electron chi connectivity index (χ3n) is 2.67. The molecule has 0 bridgehead atoms. The van der Waals surface area contributed by atoms with Crippen molar-refractivity contribution in [1.29, 1.82) is 0 Å². The Morgan fingerprint density at radius 3 is 1.95 bits per heavy atom. The molecule has 1 aliphatic rings. The molecule has 1 fully saturated rings. The molecule has 0 spiro atoms. The summed E-state index contributed by atoms with van der Waals surface area (Å²) in [5.41, 5.74) is -4.54. The average Bonchev–Trinajstić information content (AvgIpc) is 2.89. The van der Waals surface area contributed by atoms with E-state index in [2.05, 4.69) is 11.5 Å². The van der Waals surface area contributed by atoms with Gasteiger partial charge in [0, 0.05) is 10.9 Å². The Morgan fingerprint density at radius 2 is 1.55 bits per heavy atom. The second-order valence-electron chi connectivity index (χ2n) is 4.41. The first-order valence-corrected chi connectivity index (χ1v) is 9.25. The summed E-state index contributed by atoms with van der Waals surface area (Å²) in [7, 11) is -5.60. The van der Waals surface area contributed by atoms with Crippen LogP contribution in [0.3, 0.4) is 0 Å². The van der Waals surface area contributed by atoms with Crippen molar-refractivity contribution in [1.82, 2.24) is 0 Å². The van der Waals surface area contributed by atoms with Gasteiger partial charge in [-0.05, 0) is 36.6 Å². The van der Waals surface area contributed by atoms with E-state index in [1.54, 1.807) is 0 Å². The Hall–Kier alpha value is -1.06. The van der Waals surface area contributed by atoms with Gasteiger partial charge in [0.25, 0.3) is 0 Å². The van der Waals surface area contributed by atoms with Crippen molar-refractivity contribution in [3.63, 3.8) is 0 Å². The van der Waals surface area contributed by atoms with Gasteiger partial charge in [0.05, 0.1) is 0 Å². The highest BCUT2D eigenvalue weighted by Gasteiger charge is 2.36. The number of hydrogen-bond donors (Lipinski definition) is 0. The van der Waals surface area contributed by atoms with E-state index in [0.29, 0.717) is 10.9 Å². The largest absolute Gasteiger partial charge is 0.741 e. The van der Waals surface area contributed by atoms with E-state index >= 15 is 0 Å². The van der Waals surface area contributed by atoms with E-state index < -0.39 is 15.6 Å². The predicted molar refractivity (Wildman–Crippen MR) is 77.5 cm³/mol. The fourth-order valence-electron chi connectivity index (χ4n) is 1.56. The molecule has 0 unspecified atom stereocenters. The smallest absolute Gasteiger partial charge is 0.485 e. The molecule has 22 heavy (non-hydrogen) atoms. The maximum Gasteiger partial charge on any atom is 0.485 e. The zero-order chi connectivity index (χ0) is 16.8. The second kappa shape index (κ2) is 7.98. The molecular formula is C13H14F4O3S2. The summed E-state index contributed by atoms with van der Waals surface area (Å²) in [6, 6.07) is 6.67. The molecule has 2 rings (SSSR count). The second-order valence-corrected chi connectivity index (χ2v) is 7.94. The minimum Gasteiger partial charge on any atom is -0.741 e. The van der Waals surface area contributed by atoms with Gasteiger partial charge in [-0.25, -0.2) is 12.8 Å². The van der Waals surface area contributed by atoms with Gasteiger partial charge in [0.15, 0.2) is 10.1 Å². The van der Waals surface area contributed by atoms with Crippen LogP contribution in [0.1, 0.15) is 18.4 Å². The number of hydrogen-bond acceptors (Lipinski definition) is 3. The van der Waals surface area contributed by atoms with Gasteiger partial charge in [0.1, 0.15) is 22.7 Å². The van der Waals surface area contributed by atoms with E-state index in [-0.39, 0.29) is 5.82 Å². The molecule has 1 aromatic rings. The number of halogens is 4. The Morgan fingerprint density at radius 1 is 1.09 bits per heavy atom. The topological polar surface area (TPSA) is 57.2 Å². The first kappa shape index (κ1) is 19.0. The van der Waals surface area contributed by atoms with Crippen LogP contribution in [0.2, 0.25) is 0 Å². The number of benzene rings is 1. The predicted octanol–water partition coefficient (Wildman–Crippen LogP) is 3.26. The lowest BCUT2D eigenvalue weighted by Crippen LogP contribution is -2.21. The summed E-state index contributed by atoms with van der Waals surface area (Å²) in [5.74, 6) is 2.53. The van der Waals surface area contributed by atoms with E-state index in [0.717, 1.165) is 5.56 Å². The summed E-state index contributed by atoms with van der Waals surface area (Å²) >= 11 is 0. The Balaban J connectivity index is 0.000000261. The molecule has 0 saturated carbocycles. The normalized spacial score (nSPS) is 16.6. The lowest BCUT2D eigenvalue weighted by atomic mass is 10.2.